The normalized spacial score (nSPS) is 19.6. The summed E-state index contributed by atoms with van der Waals surface area (Å²) < 4.78 is 5.20. The SMILES string of the molecule is CCc1nc(CN2CCCC(N(C)Cc3cnn(C)n3)C2)no1. The molecule has 2 aromatic rings. The number of rotatable bonds is 6. The third-order valence-electron chi connectivity index (χ3n) is 4.34. The van der Waals surface area contributed by atoms with E-state index < -0.39 is 0 Å². The maximum Gasteiger partial charge on any atom is 0.226 e. The lowest BCUT2D eigenvalue weighted by atomic mass is 10.0. The fourth-order valence-corrected chi connectivity index (χ4v) is 3.08. The Morgan fingerprint density at radius 3 is 3.00 bits per heavy atom. The van der Waals surface area contributed by atoms with Crippen LogP contribution in [-0.2, 0) is 26.6 Å². The van der Waals surface area contributed by atoms with E-state index in [-0.39, 0.29) is 0 Å². The van der Waals surface area contributed by atoms with E-state index in [1.807, 2.05) is 20.2 Å². The molecule has 3 rings (SSSR count). The Morgan fingerprint density at radius 2 is 2.30 bits per heavy atom. The smallest absolute Gasteiger partial charge is 0.226 e. The highest BCUT2D eigenvalue weighted by Crippen LogP contribution is 2.17. The van der Waals surface area contributed by atoms with Gasteiger partial charge in [0, 0.05) is 32.6 Å². The number of nitrogens with zero attached hydrogens (tertiary/aromatic N) is 7. The lowest BCUT2D eigenvalue weighted by Crippen LogP contribution is -2.46. The van der Waals surface area contributed by atoms with Gasteiger partial charge in [-0.3, -0.25) is 9.80 Å². The molecular weight excluding hydrogens is 294 g/mol. The lowest BCUT2D eigenvalue weighted by Gasteiger charge is -2.36. The van der Waals surface area contributed by atoms with Crippen LogP contribution in [0.5, 0.6) is 0 Å². The van der Waals surface area contributed by atoms with E-state index in [1.54, 1.807) is 4.80 Å². The summed E-state index contributed by atoms with van der Waals surface area (Å²) in [6.45, 7) is 5.72. The molecule has 0 amide bonds. The number of aromatic nitrogens is 5. The highest BCUT2D eigenvalue weighted by Gasteiger charge is 2.24. The van der Waals surface area contributed by atoms with Gasteiger partial charge in [-0.1, -0.05) is 12.1 Å². The van der Waals surface area contributed by atoms with Crippen LogP contribution in [0.2, 0.25) is 0 Å². The van der Waals surface area contributed by atoms with Crippen molar-refractivity contribution in [1.29, 1.82) is 0 Å². The molecule has 0 aliphatic carbocycles. The summed E-state index contributed by atoms with van der Waals surface area (Å²) in [6, 6.07) is 0.517. The molecule has 1 aliphatic heterocycles. The Hall–Kier alpha value is -1.80. The molecule has 126 valence electrons. The second-order valence-electron chi connectivity index (χ2n) is 6.23. The Bertz CT molecular complexity index is 623. The second-order valence-corrected chi connectivity index (χ2v) is 6.23. The molecule has 0 N–H and O–H groups in total. The Kier molecular flexibility index (Phi) is 5.02. The van der Waals surface area contributed by atoms with Crippen molar-refractivity contribution in [2.45, 2.75) is 45.3 Å². The minimum atomic E-state index is 0.517. The van der Waals surface area contributed by atoms with Crippen molar-refractivity contribution in [1.82, 2.24) is 34.9 Å². The zero-order valence-corrected chi connectivity index (χ0v) is 14.1. The van der Waals surface area contributed by atoms with Gasteiger partial charge in [0.25, 0.3) is 0 Å². The molecule has 0 spiro atoms. The average molecular weight is 319 g/mol. The van der Waals surface area contributed by atoms with Crippen molar-refractivity contribution in [3.8, 4) is 0 Å². The molecule has 23 heavy (non-hydrogen) atoms. The fraction of sp³-hybridized carbons (Fsp3) is 0.733. The van der Waals surface area contributed by atoms with Crippen LogP contribution in [0, 0.1) is 0 Å². The van der Waals surface area contributed by atoms with Gasteiger partial charge in [0.2, 0.25) is 5.89 Å². The molecule has 8 heteroatoms. The van der Waals surface area contributed by atoms with Crippen molar-refractivity contribution in [2.75, 3.05) is 20.1 Å². The first-order valence-electron chi connectivity index (χ1n) is 8.23. The van der Waals surface area contributed by atoms with Crippen LogP contribution in [0.3, 0.4) is 0 Å². The number of hydrogen-bond acceptors (Lipinski definition) is 7. The highest BCUT2D eigenvalue weighted by atomic mass is 16.5. The predicted octanol–water partition coefficient (Wildman–Crippen LogP) is 0.857. The van der Waals surface area contributed by atoms with Crippen LogP contribution >= 0.6 is 0 Å². The topological polar surface area (TPSA) is 76.1 Å². The summed E-state index contributed by atoms with van der Waals surface area (Å²) in [4.78, 5) is 10.8. The van der Waals surface area contributed by atoms with Gasteiger partial charge < -0.3 is 4.52 Å². The van der Waals surface area contributed by atoms with Gasteiger partial charge in [-0.25, -0.2) is 0 Å². The minimum absolute atomic E-state index is 0.517. The van der Waals surface area contributed by atoms with Crippen LogP contribution < -0.4 is 0 Å². The van der Waals surface area contributed by atoms with Crippen LogP contribution in [0.15, 0.2) is 10.7 Å². The van der Waals surface area contributed by atoms with Crippen molar-refractivity contribution in [2.24, 2.45) is 7.05 Å². The monoisotopic (exact) mass is 319 g/mol. The Labute approximate surface area is 136 Å². The Morgan fingerprint density at radius 1 is 1.43 bits per heavy atom. The zero-order chi connectivity index (χ0) is 16.2. The maximum absolute atomic E-state index is 5.20. The number of hydrogen-bond donors (Lipinski definition) is 0. The van der Waals surface area contributed by atoms with Crippen LogP contribution in [0.25, 0.3) is 0 Å². The number of likely N-dealkylation sites (N-methyl/N-ethyl adjacent to an activating group) is 1. The summed E-state index contributed by atoms with van der Waals surface area (Å²) >= 11 is 0. The van der Waals surface area contributed by atoms with Crippen LogP contribution in [-0.4, -0.2) is 61.1 Å². The summed E-state index contributed by atoms with van der Waals surface area (Å²) in [5.41, 5.74) is 1.01. The summed E-state index contributed by atoms with van der Waals surface area (Å²) in [7, 11) is 4.01. The molecular formula is C15H25N7O. The molecule has 1 aliphatic rings. The first kappa shape index (κ1) is 16.1. The van der Waals surface area contributed by atoms with Crippen LogP contribution in [0.1, 0.15) is 37.2 Å². The van der Waals surface area contributed by atoms with Crippen molar-refractivity contribution in [3.63, 3.8) is 0 Å². The summed E-state index contributed by atoms with van der Waals surface area (Å²) in [5.74, 6) is 1.51. The van der Waals surface area contributed by atoms with E-state index in [0.29, 0.717) is 11.9 Å². The lowest BCUT2D eigenvalue weighted by molar-refractivity contribution is 0.104. The van der Waals surface area contributed by atoms with Gasteiger partial charge >= 0.3 is 0 Å². The van der Waals surface area contributed by atoms with Gasteiger partial charge in [-0.05, 0) is 26.4 Å². The van der Waals surface area contributed by atoms with Gasteiger partial charge in [-0.2, -0.15) is 20.0 Å². The van der Waals surface area contributed by atoms with Gasteiger partial charge in [0.15, 0.2) is 5.82 Å². The first-order valence-corrected chi connectivity index (χ1v) is 8.23. The molecule has 0 saturated carbocycles. The Balaban J connectivity index is 1.54. The number of likely N-dealkylation sites (tertiary alicyclic amines) is 1. The first-order chi connectivity index (χ1) is 11.1. The zero-order valence-electron chi connectivity index (χ0n) is 14.1. The highest BCUT2D eigenvalue weighted by molar-refractivity contribution is 4.93. The van der Waals surface area contributed by atoms with E-state index in [2.05, 4.69) is 37.2 Å². The molecule has 3 heterocycles. The third kappa shape index (κ3) is 4.14. The van der Waals surface area contributed by atoms with E-state index >= 15 is 0 Å². The van der Waals surface area contributed by atoms with Crippen molar-refractivity contribution >= 4 is 0 Å². The molecule has 1 unspecified atom stereocenters. The molecule has 0 bridgehead atoms. The summed E-state index contributed by atoms with van der Waals surface area (Å²) in [5, 5.41) is 12.6. The molecule has 1 saturated heterocycles. The number of aryl methyl sites for hydroxylation is 2. The molecule has 2 aromatic heterocycles. The van der Waals surface area contributed by atoms with E-state index in [1.165, 1.54) is 12.8 Å². The number of piperidine rings is 1. The minimum Gasteiger partial charge on any atom is -0.339 e. The van der Waals surface area contributed by atoms with Gasteiger partial charge in [-0.15, -0.1) is 0 Å². The molecule has 0 radical (unpaired) electrons. The second kappa shape index (κ2) is 7.18. The largest absolute Gasteiger partial charge is 0.339 e. The van der Waals surface area contributed by atoms with Crippen molar-refractivity contribution < 1.29 is 4.52 Å². The van der Waals surface area contributed by atoms with E-state index in [0.717, 1.165) is 44.1 Å². The molecule has 0 aromatic carbocycles. The quantitative estimate of drug-likeness (QED) is 0.781. The fourth-order valence-electron chi connectivity index (χ4n) is 3.08. The summed E-state index contributed by atoms with van der Waals surface area (Å²) in [6.07, 6.45) is 5.02. The van der Waals surface area contributed by atoms with Gasteiger partial charge in [0.05, 0.1) is 18.4 Å². The molecule has 1 fully saturated rings. The average Bonchev–Trinajstić information content (AvgIpc) is 3.16. The van der Waals surface area contributed by atoms with Crippen LogP contribution in [0.4, 0.5) is 0 Å². The molecule has 8 nitrogen and oxygen atoms in total. The van der Waals surface area contributed by atoms with Gasteiger partial charge in [0.1, 0.15) is 0 Å². The van der Waals surface area contributed by atoms with Crippen molar-refractivity contribution in [3.05, 3.63) is 23.6 Å². The van der Waals surface area contributed by atoms with E-state index in [4.69, 9.17) is 4.52 Å². The standard InChI is InChI=1S/C15H25N7O/c1-4-15-17-14(19-23-15)11-22-7-5-6-13(10-22)20(2)9-12-8-16-21(3)18-12/h8,13H,4-7,9-11H2,1-3H3. The maximum atomic E-state index is 5.20. The molecule has 1 atom stereocenters. The third-order valence-corrected chi connectivity index (χ3v) is 4.34. The predicted molar refractivity (Wildman–Crippen MR) is 84.4 cm³/mol. The van der Waals surface area contributed by atoms with E-state index in [9.17, 15) is 0 Å².